The number of benzene rings is 1. The second kappa shape index (κ2) is 6.83. The summed E-state index contributed by atoms with van der Waals surface area (Å²) >= 11 is 0. The quantitative estimate of drug-likeness (QED) is 0.629. The molecule has 3 N–H and O–H groups in total. The van der Waals surface area contributed by atoms with Gasteiger partial charge in [-0.1, -0.05) is 36.8 Å². The maximum Gasteiger partial charge on any atom is 0.0463 e. The van der Waals surface area contributed by atoms with Crippen LogP contribution >= 0.6 is 0 Å². The van der Waals surface area contributed by atoms with Crippen molar-refractivity contribution >= 4 is 0 Å². The smallest absolute Gasteiger partial charge is 0.0463 e. The van der Waals surface area contributed by atoms with E-state index in [2.05, 4.69) is 40.7 Å². The van der Waals surface area contributed by atoms with Crippen LogP contribution in [0.4, 0.5) is 0 Å². The minimum Gasteiger partial charge on any atom is -0.271 e. The van der Waals surface area contributed by atoms with Crippen molar-refractivity contribution in [3.63, 3.8) is 0 Å². The first-order valence-corrected chi connectivity index (χ1v) is 7.82. The molecule has 0 amide bonds. The van der Waals surface area contributed by atoms with E-state index >= 15 is 0 Å². The van der Waals surface area contributed by atoms with E-state index < -0.39 is 0 Å². The third kappa shape index (κ3) is 3.49. The van der Waals surface area contributed by atoms with Gasteiger partial charge in [-0.15, -0.1) is 0 Å². The fraction of sp³-hybridized carbons (Fsp3) is 0.389. The molecule has 0 radical (unpaired) electrons. The number of nitrogens with two attached hydrogens (primary N) is 1. The number of nitrogens with zero attached hydrogens (tertiary/aromatic N) is 1. The van der Waals surface area contributed by atoms with Gasteiger partial charge in [0.05, 0.1) is 0 Å². The standard InChI is InChI=1S/C18H23N3/c19-21-18(11-10-17-9-1-2-12-20-17)16-8-4-7-15(13-16)14-5-3-6-14/h1-2,4,7-9,12-14,18,21H,3,5-6,10-11,19H2. The predicted molar refractivity (Wildman–Crippen MR) is 85.7 cm³/mol. The number of aryl methyl sites for hydroxylation is 1. The molecule has 0 saturated heterocycles. The number of pyridine rings is 1. The van der Waals surface area contributed by atoms with Gasteiger partial charge in [0.2, 0.25) is 0 Å². The van der Waals surface area contributed by atoms with Crippen molar-refractivity contribution < 1.29 is 0 Å². The lowest BCUT2D eigenvalue weighted by atomic mass is 9.79. The molecule has 110 valence electrons. The van der Waals surface area contributed by atoms with Crippen molar-refractivity contribution in [2.75, 3.05) is 0 Å². The Bertz CT molecular complexity index is 564. The van der Waals surface area contributed by atoms with Gasteiger partial charge in [0.1, 0.15) is 0 Å². The van der Waals surface area contributed by atoms with E-state index in [4.69, 9.17) is 5.84 Å². The van der Waals surface area contributed by atoms with Crippen LogP contribution in [0.1, 0.15) is 54.5 Å². The van der Waals surface area contributed by atoms with Gasteiger partial charge in [-0.2, -0.15) is 0 Å². The van der Waals surface area contributed by atoms with Crippen LogP contribution in [0.5, 0.6) is 0 Å². The molecule has 1 aromatic carbocycles. The van der Waals surface area contributed by atoms with Crippen molar-refractivity contribution in [3.05, 3.63) is 65.5 Å². The minimum atomic E-state index is 0.187. The first-order chi connectivity index (χ1) is 10.4. The molecule has 1 aromatic heterocycles. The minimum absolute atomic E-state index is 0.187. The summed E-state index contributed by atoms with van der Waals surface area (Å²) in [5, 5.41) is 0. The average molecular weight is 281 g/mol. The molecule has 1 heterocycles. The second-order valence-corrected chi connectivity index (χ2v) is 5.88. The van der Waals surface area contributed by atoms with Crippen LogP contribution in [0, 0.1) is 0 Å². The topological polar surface area (TPSA) is 50.9 Å². The van der Waals surface area contributed by atoms with Crippen LogP contribution in [-0.4, -0.2) is 4.98 Å². The first-order valence-electron chi connectivity index (χ1n) is 7.82. The molecule has 0 spiro atoms. The summed E-state index contributed by atoms with van der Waals surface area (Å²) in [4.78, 5) is 4.38. The van der Waals surface area contributed by atoms with Crippen molar-refractivity contribution in [1.29, 1.82) is 0 Å². The highest BCUT2D eigenvalue weighted by Crippen LogP contribution is 2.37. The van der Waals surface area contributed by atoms with Crippen molar-refractivity contribution in [2.24, 2.45) is 5.84 Å². The van der Waals surface area contributed by atoms with Crippen molar-refractivity contribution in [1.82, 2.24) is 10.4 Å². The normalized spacial score (nSPS) is 16.4. The summed E-state index contributed by atoms with van der Waals surface area (Å²) in [6.45, 7) is 0. The lowest BCUT2D eigenvalue weighted by Gasteiger charge is -2.27. The van der Waals surface area contributed by atoms with Gasteiger partial charge < -0.3 is 0 Å². The fourth-order valence-electron chi connectivity index (χ4n) is 2.96. The van der Waals surface area contributed by atoms with Crippen LogP contribution in [0.2, 0.25) is 0 Å². The fourth-order valence-corrected chi connectivity index (χ4v) is 2.96. The molecule has 3 rings (SSSR count). The second-order valence-electron chi connectivity index (χ2n) is 5.88. The number of hydrogen-bond acceptors (Lipinski definition) is 3. The Morgan fingerprint density at radius 1 is 1.19 bits per heavy atom. The van der Waals surface area contributed by atoms with Crippen molar-refractivity contribution in [3.8, 4) is 0 Å². The van der Waals surface area contributed by atoms with Gasteiger partial charge >= 0.3 is 0 Å². The number of aromatic nitrogens is 1. The molecule has 0 bridgehead atoms. The van der Waals surface area contributed by atoms with E-state index in [1.54, 1.807) is 0 Å². The monoisotopic (exact) mass is 281 g/mol. The van der Waals surface area contributed by atoms with Crippen LogP contribution < -0.4 is 11.3 Å². The Kier molecular flexibility index (Phi) is 4.63. The molecule has 1 fully saturated rings. The van der Waals surface area contributed by atoms with Crippen LogP contribution in [0.15, 0.2) is 48.7 Å². The molecule has 2 aromatic rings. The van der Waals surface area contributed by atoms with Crippen LogP contribution in [0.3, 0.4) is 0 Å². The molecule has 0 aliphatic heterocycles. The highest BCUT2D eigenvalue weighted by Gasteiger charge is 2.20. The molecule has 3 heteroatoms. The van der Waals surface area contributed by atoms with E-state index in [0.29, 0.717) is 0 Å². The van der Waals surface area contributed by atoms with Crippen LogP contribution in [-0.2, 0) is 6.42 Å². The van der Waals surface area contributed by atoms with E-state index in [0.717, 1.165) is 24.5 Å². The lowest BCUT2D eigenvalue weighted by molar-refractivity contribution is 0.418. The van der Waals surface area contributed by atoms with Gasteiger partial charge in [-0.3, -0.25) is 16.3 Å². The molecule has 3 nitrogen and oxygen atoms in total. The lowest BCUT2D eigenvalue weighted by Crippen LogP contribution is -2.28. The van der Waals surface area contributed by atoms with E-state index in [9.17, 15) is 0 Å². The third-order valence-corrected chi connectivity index (χ3v) is 4.51. The maximum absolute atomic E-state index is 5.77. The van der Waals surface area contributed by atoms with E-state index in [1.807, 2.05) is 18.3 Å². The largest absolute Gasteiger partial charge is 0.271 e. The highest BCUT2D eigenvalue weighted by atomic mass is 15.2. The van der Waals surface area contributed by atoms with Crippen molar-refractivity contribution in [2.45, 2.75) is 44.1 Å². The molecule has 1 atom stereocenters. The Morgan fingerprint density at radius 2 is 2.10 bits per heavy atom. The molecule has 1 aliphatic rings. The average Bonchev–Trinajstić information content (AvgIpc) is 2.48. The Morgan fingerprint density at radius 3 is 2.76 bits per heavy atom. The number of hydrazine groups is 1. The Labute approximate surface area is 126 Å². The molecule has 1 saturated carbocycles. The van der Waals surface area contributed by atoms with Gasteiger partial charge in [0, 0.05) is 17.9 Å². The number of rotatable bonds is 6. The first kappa shape index (κ1) is 14.2. The summed E-state index contributed by atoms with van der Waals surface area (Å²) < 4.78 is 0. The van der Waals surface area contributed by atoms with Gasteiger partial charge in [0.15, 0.2) is 0 Å². The van der Waals surface area contributed by atoms with E-state index in [1.165, 1.54) is 30.4 Å². The zero-order valence-corrected chi connectivity index (χ0v) is 12.3. The highest BCUT2D eigenvalue weighted by molar-refractivity contribution is 5.29. The van der Waals surface area contributed by atoms with E-state index in [-0.39, 0.29) is 6.04 Å². The summed E-state index contributed by atoms with van der Waals surface area (Å²) in [7, 11) is 0. The van der Waals surface area contributed by atoms with Gasteiger partial charge in [-0.05, 0) is 54.9 Å². The molecular formula is C18H23N3. The summed E-state index contributed by atoms with van der Waals surface area (Å²) in [6, 6.07) is 15.1. The number of nitrogens with one attached hydrogen (secondary N) is 1. The summed E-state index contributed by atoms with van der Waals surface area (Å²) in [5.41, 5.74) is 6.84. The zero-order chi connectivity index (χ0) is 14.5. The molecule has 21 heavy (non-hydrogen) atoms. The summed E-state index contributed by atoms with van der Waals surface area (Å²) in [6.07, 6.45) is 7.77. The van der Waals surface area contributed by atoms with Gasteiger partial charge in [-0.25, -0.2) is 0 Å². The van der Waals surface area contributed by atoms with Crippen LogP contribution in [0.25, 0.3) is 0 Å². The third-order valence-electron chi connectivity index (χ3n) is 4.51. The zero-order valence-electron chi connectivity index (χ0n) is 12.3. The van der Waals surface area contributed by atoms with Gasteiger partial charge in [0.25, 0.3) is 0 Å². The summed E-state index contributed by atoms with van der Waals surface area (Å²) in [5.74, 6) is 6.53. The Hall–Kier alpha value is -1.71. The molecule has 1 unspecified atom stereocenters. The Balaban J connectivity index is 1.67. The SMILES string of the molecule is NNC(CCc1ccccn1)c1cccc(C2CCC2)c1. The maximum atomic E-state index is 5.77. The number of hydrogen-bond donors (Lipinski definition) is 2. The predicted octanol–water partition coefficient (Wildman–Crippen LogP) is 3.49. The molecule has 1 aliphatic carbocycles. The molecular weight excluding hydrogens is 258 g/mol.